The maximum Gasteiger partial charge on any atom is 0.614 e. The van der Waals surface area contributed by atoms with Crippen molar-refractivity contribution in [3.63, 3.8) is 0 Å². The van der Waals surface area contributed by atoms with Gasteiger partial charge in [-0.3, -0.25) is 4.79 Å². The fraction of sp³-hybridized carbons (Fsp3) is 0.944. The van der Waals surface area contributed by atoms with Crippen LogP contribution in [0, 0.1) is 0 Å². The molecule has 0 spiro atoms. The summed E-state index contributed by atoms with van der Waals surface area (Å²) in [5, 5.41) is 0. The van der Waals surface area contributed by atoms with E-state index in [9.17, 15) is 4.79 Å². The lowest BCUT2D eigenvalue weighted by Gasteiger charge is -2.31. The zero-order valence-corrected chi connectivity index (χ0v) is 22.1. The van der Waals surface area contributed by atoms with Gasteiger partial charge in [-0.1, -0.05) is 13.8 Å². The highest BCUT2D eigenvalue weighted by Crippen LogP contribution is 2.30. The molecular formula is C18H40O8SSi2. The number of carbonyl (C=O) groups is 1. The Hall–Kier alpha value is 0.0138. The van der Waals surface area contributed by atoms with Crippen LogP contribution in [0.5, 0.6) is 0 Å². The minimum Gasteiger partial charge on any atom is -0.390 e. The lowest BCUT2D eigenvalue weighted by atomic mass is 10.3. The summed E-state index contributed by atoms with van der Waals surface area (Å²) < 4.78 is 40.8. The topological polar surface area (TPSA) is 81.7 Å². The molecule has 0 aromatic heterocycles. The molecule has 29 heavy (non-hydrogen) atoms. The van der Waals surface area contributed by atoms with E-state index in [4.69, 9.17) is 30.7 Å². The summed E-state index contributed by atoms with van der Waals surface area (Å²) >= 11 is 0.850. The van der Waals surface area contributed by atoms with Crippen molar-refractivity contribution in [3.8, 4) is 0 Å². The van der Waals surface area contributed by atoms with Gasteiger partial charge in [0.15, 0.2) is 0 Å². The minimum absolute atomic E-state index is 0.0833. The van der Waals surface area contributed by atoms with Crippen molar-refractivity contribution >= 4 is 34.2 Å². The monoisotopic (exact) mass is 472 g/mol. The molecule has 0 aromatic rings. The second kappa shape index (κ2) is 15.8. The first-order valence-corrected chi connectivity index (χ1v) is 15.7. The van der Waals surface area contributed by atoms with Crippen molar-refractivity contribution in [2.75, 3.05) is 26.4 Å². The largest absolute Gasteiger partial charge is 0.614 e. The molecule has 0 N–H and O–H groups in total. The highest BCUT2D eigenvalue weighted by atomic mass is 32.4. The third kappa shape index (κ3) is 11.3. The summed E-state index contributed by atoms with van der Waals surface area (Å²) in [7, 11) is -6.44. The highest BCUT2D eigenvalue weighted by molar-refractivity contribution is 8.23. The molecule has 0 aliphatic carbocycles. The quantitative estimate of drug-likeness (QED) is 0.214. The average Bonchev–Trinajstić information content (AvgIpc) is 2.67. The molecule has 0 fully saturated rings. The molecule has 0 radical (unpaired) electrons. The van der Waals surface area contributed by atoms with Crippen LogP contribution in [0.1, 0.15) is 68.2 Å². The molecule has 0 saturated heterocycles. The maximum absolute atomic E-state index is 12.7. The van der Waals surface area contributed by atoms with Gasteiger partial charge in [0.1, 0.15) is 17.5 Å². The van der Waals surface area contributed by atoms with E-state index in [-0.39, 0.29) is 18.3 Å². The van der Waals surface area contributed by atoms with Gasteiger partial charge in [0.25, 0.3) is 0 Å². The van der Waals surface area contributed by atoms with Gasteiger partial charge < -0.3 is 30.7 Å². The number of hydrogen-bond donors (Lipinski definition) is 0. The predicted molar refractivity (Wildman–Crippen MR) is 118 cm³/mol. The van der Waals surface area contributed by atoms with E-state index in [0.717, 1.165) is 24.3 Å². The molecular weight excluding hydrogens is 432 g/mol. The Morgan fingerprint density at radius 3 is 1.62 bits per heavy atom. The van der Waals surface area contributed by atoms with Gasteiger partial charge in [-0.05, 0) is 54.4 Å². The molecule has 0 amide bonds. The standard InChI is InChI=1S/C18H40O8SSi2/c1-9-16(7)25-28(20-11-3,21-12-4)15-18(19)24-27-29(22-13-5,23-14-6)26-17(8)10-2/h16-17H,9-15H2,1-8H3. The molecule has 0 heterocycles. The van der Waals surface area contributed by atoms with Crippen molar-refractivity contribution in [1.82, 2.24) is 0 Å². The Balaban J connectivity index is 5.28. The first kappa shape index (κ1) is 29.0. The van der Waals surface area contributed by atoms with Crippen LogP contribution < -0.4 is 0 Å². The predicted octanol–water partition coefficient (Wildman–Crippen LogP) is 4.33. The van der Waals surface area contributed by atoms with Gasteiger partial charge in [-0.15, -0.1) is 0 Å². The summed E-state index contributed by atoms with van der Waals surface area (Å²) in [6.07, 6.45) is 1.40. The van der Waals surface area contributed by atoms with Crippen molar-refractivity contribution in [2.24, 2.45) is 0 Å². The van der Waals surface area contributed by atoms with E-state index in [2.05, 4.69) is 0 Å². The first-order valence-electron chi connectivity index (χ1n) is 10.6. The molecule has 8 nitrogen and oxygen atoms in total. The molecule has 2 atom stereocenters. The molecule has 2 unspecified atom stereocenters. The summed E-state index contributed by atoms with van der Waals surface area (Å²) in [6, 6.07) is -0.0852. The minimum atomic E-state index is -3.23. The van der Waals surface area contributed by atoms with Gasteiger partial charge in [-0.25, -0.2) is 0 Å². The smallest absolute Gasteiger partial charge is 0.390 e. The Morgan fingerprint density at radius 1 is 0.759 bits per heavy atom. The zero-order valence-electron chi connectivity index (χ0n) is 19.3. The summed E-state index contributed by atoms with van der Waals surface area (Å²) in [6.45, 7) is 16.8. The number of carbonyl (C=O) groups excluding carboxylic acids is 1. The van der Waals surface area contributed by atoms with Crippen LogP contribution in [0.25, 0.3) is 0 Å². The van der Waals surface area contributed by atoms with Crippen LogP contribution in [0.2, 0.25) is 6.04 Å². The van der Waals surface area contributed by atoms with E-state index < -0.39 is 22.7 Å². The van der Waals surface area contributed by atoms with E-state index in [0.29, 0.717) is 26.4 Å². The van der Waals surface area contributed by atoms with Gasteiger partial charge >= 0.3 is 22.7 Å². The van der Waals surface area contributed by atoms with E-state index in [1.807, 2.05) is 55.4 Å². The lowest BCUT2D eigenvalue weighted by molar-refractivity contribution is -0.132. The Bertz CT molecular complexity index is 432. The van der Waals surface area contributed by atoms with Crippen LogP contribution in [0.3, 0.4) is 0 Å². The molecule has 0 rings (SSSR count). The SMILES string of the molecule is CCO[Si](CC(=O)OS[Si](OCC)(OCC)OC(C)CC)(OCC)OC(C)CC. The van der Waals surface area contributed by atoms with Crippen molar-refractivity contribution in [1.29, 1.82) is 0 Å². The summed E-state index contributed by atoms with van der Waals surface area (Å²) in [5.41, 5.74) is 0. The third-order valence-electron chi connectivity index (χ3n) is 3.84. The number of rotatable bonds is 18. The van der Waals surface area contributed by atoms with Gasteiger partial charge in [0.05, 0.1) is 0 Å². The van der Waals surface area contributed by atoms with Crippen molar-refractivity contribution in [2.45, 2.75) is 86.5 Å². The molecule has 0 saturated carbocycles. The average molecular weight is 473 g/mol. The Morgan fingerprint density at radius 2 is 1.21 bits per heavy atom. The molecule has 0 aliphatic heterocycles. The lowest BCUT2D eigenvalue weighted by Crippen LogP contribution is -2.50. The molecule has 174 valence electrons. The van der Waals surface area contributed by atoms with Crippen LogP contribution in [0.4, 0.5) is 0 Å². The normalized spacial score (nSPS) is 14.6. The third-order valence-corrected chi connectivity index (χ3v) is 11.1. The maximum atomic E-state index is 12.7. The molecule has 0 aromatic carbocycles. The van der Waals surface area contributed by atoms with Crippen LogP contribution >= 0.6 is 11.5 Å². The highest BCUT2D eigenvalue weighted by Gasteiger charge is 2.50. The fourth-order valence-corrected chi connectivity index (χ4v) is 9.11. The number of hydrogen-bond acceptors (Lipinski definition) is 9. The van der Waals surface area contributed by atoms with Crippen LogP contribution in [0.15, 0.2) is 0 Å². The van der Waals surface area contributed by atoms with Gasteiger partial charge in [-0.2, -0.15) is 0 Å². The van der Waals surface area contributed by atoms with E-state index >= 15 is 0 Å². The van der Waals surface area contributed by atoms with E-state index in [1.165, 1.54) is 0 Å². The molecule has 0 aliphatic rings. The summed E-state index contributed by atoms with van der Waals surface area (Å²) in [5.74, 6) is -0.504. The van der Waals surface area contributed by atoms with Crippen LogP contribution in [-0.4, -0.2) is 61.4 Å². The second-order valence-electron chi connectivity index (χ2n) is 6.30. The zero-order chi connectivity index (χ0) is 22.3. The van der Waals surface area contributed by atoms with Gasteiger partial charge in [0, 0.05) is 38.6 Å². The fourth-order valence-electron chi connectivity index (χ4n) is 2.25. The van der Waals surface area contributed by atoms with E-state index in [1.54, 1.807) is 0 Å². The van der Waals surface area contributed by atoms with Crippen molar-refractivity contribution < 1.29 is 35.5 Å². The van der Waals surface area contributed by atoms with Crippen molar-refractivity contribution in [3.05, 3.63) is 0 Å². The first-order chi connectivity index (χ1) is 13.8. The van der Waals surface area contributed by atoms with Crippen LogP contribution in [-0.2, 0) is 35.5 Å². The molecule has 0 bridgehead atoms. The van der Waals surface area contributed by atoms with Gasteiger partial charge in [0.2, 0.25) is 0 Å². The second-order valence-corrected chi connectivity index (χ2v) is 13.0. The Labute approximate surface area is 182 Å². The molecule has 11 heteroatoms. The Kier molecular flexibility index (Phi) is 15.8. The summed E-state index contributed by atoms with van der Waals surface area (Å²) in [4.78, 5) is 12.7.